The topological polar surface area (TPSA) is 73.8 Å². The van der Waals surface area contributed by atoms with Gasteiger partial charge in [-0.3, -0.25) is 4.99 Å². The number of nitrogens with zero attached hydrogens (tertiary/aromatic N) is 2. The van der Waals surface area contributed by atoms with Gasteiger partial charge in [0.15, 0.2) is 5.96 Å². The van der Waals surface area contributed by atoms with Crippen LogP contribution in [-0.4, -0.2) is 57.4 Å². The monoisotopic (exact) mass is 372 g/mol. The number of aliphatic imine (C=N–C) groups is 1. The molecule has 0 bridgehead atoms. The number of hydrogen-bond donors (Lipinski definition) is 2. The quantitative estimate of drug-likeness (QED) is 0.413. The highest BCUT2D eigenvalue weighted by molar-refractivity contribution is 7.98. The molecule has 0 atom stereocenters. The fraction of sp³-hybridized carbons (Fsp3) is 0.562. The SMILES string of the molecule is CN=C(NCCSC)NCc1ccc(S(=O)(=O)N(C)C(C)C)cc1. The third-order valence-electron chi connectivity index (χ3n) is 3.61. The van der Waals surface area contributed by atoms with E-state index in [0.717, 1.165) is 23.8 Å². The Labute approximate surface area is 150 Å². The van der Waals surface area contributed by atoms with E-state index in [1.54, 1.807) is 38.0 Å². The van der Waals surface area contributed by atoms with Gasteiger partial charge in [-0.05, 0) is 37.8 Å². The first-order valence-corrected chi connectivity index (χ1v) is 10.7. The first-order chi connectivity index (χ1) is 11.3. The Bertz CT molecular complexity index is 628. The fourth-order valence-electron chi connectivity index (χ4n) is 1.90. The van der Waals surface area contributed by atoms with Crippen molar-refractivity contribution in [2.75, 3.05) is 32.6 Å². The van der Waals surface area contributed by atoms with Crippen molar-refractivity contribution in [2.24, 2.45) is 4.99 Å². The van der Waals surface area contributed by atoms with E-state index in [9.17, 15) is 8.42 Å². The van der Waals surface area contributed by atoms with E-state index in [0.29, 0.717) is 11.4 Å². The summed E-state index contributed by atoms with van der Waals surface area (Å²) in [5.41, 5.74) is 0.994. The van der Waals surface area contributed by atoms with E-state index in [2.05, 4.69) is 21.9 Å². The highest BCUT2D eigenvalue weighted by Gasteiger charge is 2.22. The molecule has 24 heavy (non-hydrogen) atoms. The summed E-state index contributed by atoms with van der Waals surface area (Å²) in [5.74, 6) is 1.75. The van der Waals surface area contributed by atoms with Gasteiger partial charge in [-0.2, -0.15) is 16.1 Å². The van der Waals surface area contributed by atoms with Gasteiger partial charge in [0, 0.05) is 39.0 Å². The zero-order valence-corrected chi connectivity index (χ0v) is 16.7. The summed E-state index contributed by atoms with van der Waals surface area (Å²) < 4.78 is 26.2. The summed E-state index contributed by atoms with van der Waals surface area (Å²) in [7, 11) is -0.106. The molecule has 0 heterocycles. The number of guanidine groups is 1. The van der Waals surface area contributed by atoms with E-state index >= 15 is 0 Å². The number of sulfonamides is 1. The Hall–Kier alpha value is -1.25. The summed E-state index contributed by atoms with van der Waals surface area (Å²) in [5, 5.41) is 6.43. The van der Waals surface area contributed by atoms with Crippen LogP contribution < -0.4 is 10.6 Å². The van der Waals surface area contributed by atoms with Gasteiger partial charge < -0.3 is 10.6 Å². The number of thioether (sulfide) groups is 1. The summed E-state index contributed by atoms with van der Waals surface area (Å²) in [6.07, 6.45) is 2.06. The molecule has 1 aromatic carbocycles. The molecule has 2 N–H and O–H groups in total. The summed E-state index contributed by atoms with van der Waals surface area (Å²) >= 11 is 1.77. The molecule has 8 heteroatoms. The van der Waals surface area contributed by atoms with Crippen LogP contribution in [0.15, 0.2) is 34.2 Å². The highest BCUT2D eigenvalue weighted by Crippen LogP contribution is 2.17. The molecule has 6 nitrogen and oxygen atoms in total. The second-order valence-corrected chi connectivity index (χ2v) is 8.59. The van der Waals surface area contributed by atoms with Gasteiger partial charge >= 0.3 is 0 Å². The maximum absolute atomic E-state index is 12.4. The molecule has 0 spiro atoms. The lowest BCUT2D eigenvalue weighted by Gasteiger charge is -2.21. The number of benzene rings is 1. The van der Waals surface area contributed by atoms with Crippen LogP contribution in [0.3, 0.4) is 0 Å². The molecular weight excluding hydrogens is 344 g/mol. The van der Waals surface area contributed by atoms with Crippen molar-refractivity contribution in [1.29, 1.82) is 0 Å². The predicted molar refractivity (Wildman–Crippen MR) is 103 cm³/mol. The summed E-state index contributed by atoms with van der Waals surface area (Å²) in [4.78, 5) is 4.47. The van der Waals surface area contributed by atoms with E-state index in [1.807, 2.05) is 26.0 Å². The standard InChI is InChI=1S/C16H28N4O2S2/c1-13(2)20(4)24(21,22)15-8-6-14(7-9-15)12-19-16(17-3)18-10-11-23-5/h6-9,13H,10-12H2,1-5H3,(H2,17,18,19). The van der Waals surface area contributed by atoms with Crippen LogP contribution in [-0.2, 0) is 16.6 Å². The smallest absolute Gasteiger partial charge is 0.243 e. The zero-order chi connectivity index (χ0) is 18.2. The molecule has 0 radical (unpaired) electrons. The van der Waals surface area contributed by atoms with Gasteiger partial charge in [0.2, 0.25) is 10.0 Å². The minimum Gasteiger partial charge on any atom is -0.356 e. The molecule has 0 aliphatic carbocycles. The lowest BCUT2D eigenvalue weighted by atomic mass is 10.2. The van der Waals surface area contributed by atoms with Crippen molar-refractivity contribution < 1.29 is 8.42 Å². The Morgan fingerprint density at radius 3 is 2.38 bits per heavy atom. The number of hydrogen-bond acceptors (Lipinski definition) is 4. The van der Waals surface area contributed by atoms with Crippen molar-refractivity contribution in [3.05, 3.63) is 29.8 Å². The second-order valence-electron chi connectivity index (χ2n) is 5.60. The van der Waals surface area contributed by atoms with Crippen molar-refractivity contribution >= 4 is 27.7 Å². The third kappa shape index (κ3) is 5.99. The van der Waals surface area contributed by atoms with Gasteiger partial charge in [0.1, 0.15) is 0 Å². The van der Waals surface area contributed by atoms with Crippen molar-refractivity contribution in [2.45, 2.75) is 31.3 Å². The Morgan fingerprint density at radius 1 is 1.25 bits per heavy atom. The zero-order valence-electron chi connectivity index (χ0n) is 15.0. The molecule has 0 aliphatic heterocycles. The third-order valence-corrected chi connectivity index (χ3v) is 6.27. The van der Waals surface area contributed by atoms with Crippen LogP contribution in [0, 0.1) is 0 Å². The highest BCUT2D eigenvalue weighted by atomic mass is 32.2. The molecule has 0 amide bonds. The van der Waals surface area contributed by atoms with E-state index in [-0.39, 0.29) is 6.04 Å². The predicted octanol–water partition coefficient (Wildman–Crippen LogP) is 1.74. The lowest BCUT2D eigenvalue weighted by molar-refractivity contribution is 0.410. The van der Waals surface area contributed by atoms with Crippen LogP contribution in [0.4, 0.5) is 0 Å². The molecule has 0 aromatic heterocycles. The Morgan fingerprint density at radius 2 is 1.88 bits per heavy atom. The van der Waals surface area contributed by atoms with Gasteiger partial charge in [0.05, 0.1) is 4.90 Å². The average molecular weight is 373 g/mol. The van der Waals surface area contributed by atoms with Crippen LogP contribution >= 0.6 is 11.8 Å². The van der Waals surface area contributed by atoms with Gasteiger partial charge in [-0.25, -0.2) is 8.42 Å². The first kappa shape index (κ1) is 20.8. The average Bonchev–Trinajstić information content (AvgIpc) is 2.57. The molecule has 136 valence electrons. The minimum absolute atomic E-state index is 0.0768. The Kier molecular flexibility index (Phi) is 8.58. The van der Waals surface area contributed by atoms with Crippen molar-refractivity contribution in [3.8, 4) is 0 Å². The largest absolute Gasteiger partial charge is 0.356 e. The maximum atomic E-state index is 12.4. The van der Waals surface area contributed by atoms with Crippen LogP contribution in [0.2, 0.25) is 0 Å². The molecular formula is C16H28N4O2S2. The van der Waals surface area contributed by atoms with E-state index in [1.165, 1.54) is 4.31 Å². The van der Waals surface area contributed by atoms with Crippen molar-refractivity contribution in [1.82, 2.24) is 14.9 Å². The van der Waals surface area contributed by atoms with E-state index in [4.69, 9.17) is 0 Å². The molecule has 1 rings (SSSR count). The normalized spacial score (nSPS) is 12.7. The summed E-state index contributed by atoms with van der Waals surface area (Å²) in [6, 6.07) is 6.86. The minimum atomic E-state index is -3.43. The lowest BCUT2D eigenvalue weighted by Crippen LogP contribution is -2.37. The molecule has 0 aliphatic rings. The van der Waals surface area contributed by atoms with Crippen LogP contribution in [0.1, 0.15) is 19.4 Å². The molecule has 0 saturated carbocycles. The number of rotatable bonds is 8. The van der Waals surface area contributed by atoms with E-state index < -0.39 is 10.0 Å². The second kappa shape index (κ2) is 9.90. The maximum Gasteiger partial charge on any atom is 0.243 e. The first-order valence-electron chi connectivity index (χ1n) is 7.83. The van der Waals surface area contributed by atoms with Crippen LogP contribution in [0.5, 0.6) is 0 Å². The number of nitrogens with one attached hydrogen (secondary N) is 2. The molecule has 0 unspecified atom stereocenters. The van der Waals surface area contributed by atoms with Crippen molar-refractivity contribution in [3.63, 3.8) is 0 Å². The van der Waals surface area contributed by atoms with Gasteiger partial charge in [0.25, 0.3) is 0 Å². The van der Waals surface area contributed by atoms with Gasteiger partial charge in [-0.15, -0.1) is 0 Å². The summed E-state index contributed by atoms with van der Waals surface area (Å²) in [6.45, 7) is 5.13. The molecule has 0 fully saturated rings. The van der Waals surface area contributed by atoms with Crippen LogP contribution in [0.25, 0.3) is 0 Å². The molecule has 1 aromatic rings. The molecule has 0 saturated heterocycles. The Balaban J connectivity index is 2.68. The fourth-order valence-corrected chi connectivity index (χ4v) is 3.57. The van der Waals surface area contributed by atoms with Gasteiger partial charge in [-0.1, -0.05) is 12.1 Å².